The van der Waals surface area contributed by atoms with E-state index in [1.807, 2.05) is 29.1 Å². The molecule has 0 aliphatic carbocycles. The molecule has 0 radical (unpaired) electrons. The summed E-state index contributed by atoms with van der Waals surface area (Å²) >= 11 is 0. The van der Waals surface area contributed by atoms with Gasteiger partial charge < -0.3 is 4.57 Å². The molecular formula is C15H18N10. The summed E-state index contributed by atoms with van der Waals surface area (Å²) in [7, 11) is 1.79. The summed E-state index contributed by atoms with van der Waals surface area (Å²) in [5.74, 6) is 2.11. The third kappa shape index (κ3) is 2.65. The van der Waals surface area contributed by atoms with Crippen LogP contribution < -0.4 is 0 Å². The summed E-state index contributed by atoms with van der Waals surface area (Å²) in [5.41, 5.74) is 1.09. The van der Waals surface area contributed by atoms with Crippen LogP contribution in [0.25, 0.3) is 17.0 Å². The minimum absolute atomic E-state index is 0.211. The summed E-state index contributed by atoms with van der Waals surface area (Å²) < 4.78 is 5.22. The second-order valence-corrected chi connectivity index (χ2v) is 6.85. The van der Waals surface area contributed by atoms with E-state index in [4.69, 9.17) is 9.97 Å². The van der Waals surface area contributed by atoms with E-state index < -0.39 is 0 Å². The average molecular weight is 338 g/mol. The largest absolute Gasteiger partial charge is 0.307 e. The highest BCUT2D eigenvalue weighted by Gasteiger charge is 2.23. The van der Waals surface area contributed by atoms with Crippen molar-refractivity contribution in [1.29, 1.82) is 0 Å². The van der Waals surface area contributed by atoms with Gasteiger partial charge in [-0.15, -0.1) is 10.2 Å². The maximum atomic E-state index is 4.73. The average Bonchev–Trinajstić information content (AvgIpc) is 3.29. The van der Waals surface area contributed by atoms with Gasteiger partial charge in [0.15, 0.2) is 22.8 Å². The molecule has 4 aromatic heterocycles. The number of hydrogen-bond donors (Lipinski definition) is 0. The Balaban J connectivity index is 1.92. The molecule has 4 aromatic rings. The zero-order valence-electron chi connectivity index (χ0n) is 14.5. The summed E-state index contributed by atoms with van der Waals surface area (Å²) in [6.07, 6.45) is 3.86. The Hall–Kier alpha value is -3.17. The smallest absolute Gasteiger partial charge is 0.184 e. The summed E-state index contributed by atoms with van der Waals surface area (Å²) in [6.45, 7) is 6.61. The molecule has 10 heteroatoms. The summed E-state index contributed by atoms with van der Waals surface area (Å²) in [5, 5.41) is 20.1. The first-order valence-electron chi connectivity index (χ1n) is 7.90. The lowest BCUT2D eigenvalue weighted by Crippen LogP contribution is -2.18. The molecular weight excluding hydrogens is 320 g/mol. The van der Waals surface area contributed by atoms with Crippen LogP contribution in [0.4, 0.5) is 0 Å². The lowest BCUT2D eigenvalue weighted by molar-refractivity contribution is 0.542. The molecule has 4 heterocycles. The zero-order valence-corrected chi connectivity index (χ0v) is 14.5. The highest BCUT2D eigenvalue weighted by atomic mass is 15.5. The van der Waals surface area contributed by atoms with E-state index in [2.05, 4.69) is 46.6 Å². The third-order valence-corrected chi connectivity index (χ3v) is 3.86. The second kappa shape index (κ2) is 5.43. The van der Waals surface area contributed by atoms with Gasteiger partial charge in [0.05, 0.1) is 0 Å². The predicted molar refractivity (Wildman–Crippen MR) is 89.0 cm³/mol. The standard InChI is InChI=1S/C15H18N10/c1-15(2,3)14-16-12(24-7-5-6-8-24)11-13(17-14)25(21-19-11)9-10-18-20-22-23(10)4/h5-8H,9H2,1-4H3. The number of hydrogen-bond acceptors (Lipinski definition) is 7. The van der Waals surface area contributed by atoms with Crippen LogP contribution >= 0.6 is 0 Å². The number of fused-ring (bicyclic) bond motifs is 1. The van der Waals surface area contributed by atoms with E-state index >= 15 is 0 Å². The monoisotopic (exact) mass is 338 g/mol. The fraction of sp³-hybridized carbons (Fsp3) is 0.400. The molecule has 10 nitrogen and oxygen atoms in total. The van der Waals surface area contributed by atoms with Gasteiger partial charge >= 0.3 is 0 Å². The lowest BCUT2D eigenvalue weighted by atomic mass is 9.96. The van der Waals surface area contributed by atoms with Gasteiger partial charge in [0.1, 0.15) is 12.4 Å². The molecule has 25 heavy (non-hydrogen) atoms. The maximum absolute atomic E-state index is 4.73. The number of rotatable bonds is 3. The second-order valence-electron chi connectivity index (χ2n) is 6.85. The molecule has 0 unspecified atom stereocenters. The molecule has 128 valence electrons. The van der Waals surface area contributed by atoms with E-state index in [1.165, 1.54) is 0 Å². The van der Waals surface area contributed by atoms with Crippen molar-refractivity contribution in [3.63, 3.8) is 0 Å². The molecule has 0 saturated heterocycles. The molecule has 0 amide bonds. The number of nitrogens with zero attached hydrogens (tertiary/aromatic N) is 10. The molecule has 0 atom stereocenters. The predicted octanol–water partition coefficient (Wildman–Crippen LogP) is 0.881. The Bertz CT molecular complexity index is 1020. The summed E-state index contributed by atoms with van der Waals surface area (Å²) in [4.78, 5) is 9.46. The van der Waals surface area contributed by atoms with Crippen molar-refractivity contribution >= 4 is 11.2 Å². The van der Waals surface area contributed by atoms with E-state index in [0.717, 1.165) is 5.82 Å². The molecule has 0 saturated carbocycles. The van der Waals surface area contributed by atoms with Crippen molar-refractivity contribution in [1.82, 2.24) is 49.7 Å². The Morgan fingerprint density at radius 2 is 1.76 bits per heavy atom. The van der Waals surface area contributed by atoms with Crippen LogP contribution in [-0.2, 0) is 19.0 Å². The van der Waals surface area contributed by atoms with E-state index in [0.29, 0.717) is 29.4 Å². The molecule has 0 N–H and O–H groups in total. The summed E-state index contributed by atoms with van der Waals surface area (Å²) in [6, 6.07) is 3.89. The normalized spacial score (nSPS) is 12.2. The van der Waals surface area contributed by atoms with Crippen LogP contribution in [0.2, 0.25) is 0 Å². The fourth-order valence-corrected chi connectivity index (χ4v) is 2.46. The van der Waals surface area contributed by atoms with Crippen molar-refractivity contribution < 1.29 is 0 Å². The molecule has 0 aliphatic rings. The van der Waals surface area contributed by atoms with Crippen molar-refractivity contribution in [2.24, 2.45) is 7.05 Å². The van der Waals surface area contributed by atoms with Crippen molar-refractivity contribution in [3.8, 4) is 5.82 Å². The molecule has 0 bridgehead atoms. The molecule has 0 aromatic carbocycles. The van der Waals surface area contributed by atoms with Crippen LogP contribution in [0.3, 0.4) is 0 Å². The Kier molecular flexibility index (Phi) is 3.34. The van der Waals surface area contributed by atoms with Gasteiger partial charge in [-0.3, -0.25) is 0 Å². The van der Waals surface area contributed by atoms with E-state index in [9.17, 15) is 0 Å². The van der Waals surface area contributed by atoms with E-state index in [1.54, 1.807) is 16.4 Å². The Labute approximate surface area is 143 Å². The van der Waals surface area contributed by atoms with Crippen molar-refractivity contribution in [2.45, 2.75) is 32.7 Å². The molecule has 0 aliphatic heterocycles. The SMILES string of the molecule is Cn1nnnc1Cn1nnc2c(-n3cccc3)nc(C(C)(C)C)nc21. The number of aryl methyl sites for hydroxylation is 1. The van der Waals surface area contributed by atoms with Gasteiger partial charge in [-0.2, -0.15) is 0 Å². The minimum atomic E-state index is -0.211. The van der Waals surface area contributed by atoms with Crippen LogP contribution in [0.5, 0.6) is 0 Å². The van der Waals surface area contributed by atoms with Gasteiger partial charge in [0, 0.05) is 24.9 Å². The quantitative estimate of drug-likeness (QED) is 0.546. The fourth-order valence-electron chi connectivity index (χ4n) is 2.46. The first-order valence-corrected chi connectivity index (χ1v) is 7.90. The van der Waals surface area contributed by atoms with Crippen LogP contribution in [0.1, 0.15) is 32.4 Å². The first-order chi connectivity index (χ1) is 11.9. The number of tetrazole rings is 1. The Morgan fingerprint density at radius 1 is 1.00 bits per heavy atom. The van der Waals surface area contributed by atoms with Crippen LogP contribution in [-0.4, -0.2) is 49.7 Å². The highest BCUT2D eigenvalue weighted by Crippen LogP contribution is 2.24. The highest BCUT2D eigenvalue weighted by molar-refractivity contribution is 5.78. The van der Waals surface area contributed by atoms with Gasteiger partial charge in [-0.25, -0.2) is 19.3 Å². The van der Waals surface area contributed by atoms with Gasteiger partial charge in [-0.1, -0.05) is 26.0 Å². The van der Waals surface area contributed by atoms with Crippen LogP contribution in [0.15, 0.2) is 24.5 Å². The Morgan fingerprint density at radius 3 is 2.40 bits per heavy atom. The number of aromatic nitrogens is 10. The first kappa shape index (κ1) is 15.4. The van der Waals surface area contributed by atoms with Gasteiger partial charge in [0.25, 0.3) is 0 Å². The van der Waals surface area contributed by atoms with Gasteiger partial charge in [-0.05, 0) is 22.6 Å². The molecule has 4 rings (SSSR count). The van der Waals surface area contributed by atoms with Crippen molar-refractivity contribution in [3.05, 3.63) is 36.2 Å². The lowest BCUT2D eigenvalue weighted by Gasteiger charge is -2.17. The third-order valence-electron chi connectivity index (χ3n) is 3.86. The van der Waals surface area contributed by atoms with E-state index in [-0.39, 0.29) is 5.41 Å². The van der Waals surface area contributed by atoms with Crippen molar-refractivity contribution in [2.75, 3.05) is 0 Å². The topological polar surface area (TPSA) is 105 Å². The minimum Gasteiger partial charge on any atom is -0.307 e. The maximum Gasteiger partial charge on any atom is 0.184 e. The molecule has 0 spiro atoms. The van der Waals surface area contributed by atoms with Crippen LogP contribution in [0, 0.1) is 0 Å². The zero-order chi connectivity index (χ0) is 17.6. The van der Waals surface area contributed by atoms with Gasteiger partial charge in [0.2, 0.25) is 0 Å². The molecule has 0 fully saturated rings.